The standard InChI is InChI=1S/C13H25N3O2/c1-18-7-3-6-15-13(17)10-16-8-11-4-2-5-14-12(11)9-16/h11-12,14H,2-10H2,1H3,(H,15,17)/t11-,12+/m0/s1. The molecule has 2 rings (SSSR count). The van der Waals surface area contributed by atoms with E-state index in [9.17, 15) is 4.79 Å². The van der Waals surface area contributed by atoms with Gasteiger partial charge in [0.15, 0.2) is 0 Å². The molecule has 18 heavy (non-hydrogen) atoms. The van der Waals surface area contributed by atoms with Crippen molar-refractivity contribution in [1.29, 1.82) is 0 Å². The number of carbonyl (C=O) groups excluding carboxylic acids is 1. The molecule has 0 bridgehead atoms. The fraction of sp³-hybridized carbons (Fsp3) is 0.923. The van der Waals surface area contributed by atoms with Gasteiger partial charge in [0, 0.05) is 39.4 Å². The lowest BCUT2D eigenvalue weighted by atomic mass is 9.94. The van der Waals surface area contributed by atoms with Crippen LogP contribution in [0, 0.1) is 5.92 Å². The Labute approximate surface area is 109 Å². The molecule has 0 aromatic rings. The highest BCUT2D eigenvalue weighted by Crippen LogP contribution is 2.24. The molecule has 2 aliphatic rings. The first-order chi connectivity index (χ1) is 8.79. The normalized spacial score (nSPS) is 28.1. The van der Waals surface area contributed by atoms with Crippen LogP contribution in [-0.4, -0.2) is 63.3 Å². The number of nitrogens with one attached hydrogen (secondary N) is 2. The summed E-state index contributed by atoms with van der Waals surface area (Å²) in [5.41, 5.74) is 0. The van der Waals surface area contributed by atoms with Gasteiger partial charge in [-0.05, 0) is 31.7 Å². The van der Waals surface area contributed by atoms with Crippen LogP contribution in [-0.2, 0) is 9.53 Å². The van der Waals surface area contributed by atoms with Gasteiger partial charge in [-0.3, -0.25) is 9.69 Å². The summed E-state index contributed by atoms with van der Waals surface area (Å²) in [6.45, 7) is 5.20. The third-order valence-electron chi connectivity index (χ3n) is 3.89. The zero-order valence-corrected chi connectivity index (χ0v) is 11.3. The van der Waals surface area contributed by atoms with Gasteiger partial charge in [0.25, 0.3) is 0 Å². The fourth-order valence-corrected chi connectivity index (χ4v) is 2.97. The monoisotopic (exact) mass is 255 g/mol. The number of hydrogen-bond donors (Lipinski definition) is 2. The highest BCUT2D eigenvalue weighted by atomic mass is 16.5. The van der Waals surface area contributed by atoms with Crippen molar-refractivity contribution in [3.63, 3.8) is 0 Å². The van der Waals surface area contributed by atoms with E-state index >= 15 is 0 Å². The third-order valence-corrected chi connectivity index (χ3v) is 3.89. The summed E-state index contributed by atoms with van der Waals surface area (Å²) in [6.07, 6.45) is 3.47. The number of likely N-dealkylation sites (tertiary alicyclic amines) is 1. The van der Waals surface area contributed by atoms with Crippen molar-refractivity contribution >= 4 is 5.91 Å². The van der Waals surface area contributed by atoms with E-state index in [0.717, 1.165) is 32.0 Å². The topological polar surface area (TPSA) is 53.6 Å². The summed E-state index contributed by atoms with van der Waals surface area (Å²) >= 11 is 0. The van der Waals surface area contributed by atoms with E-state index in [4.69, 9.17) is 4.74 Å². The first-order valence-corrected chi connectivity index (χ1v) is 7.01. The maximum atomic E-state index is 11.8. The fourth-order valence-electron chi connectivity index (χ4n) is 2.97. The second-order valence-electron chi connectivity index (χ2n) is 5.35. The van der Waals surface area contributed by atoms with E-state index in [-0.39, 0.29) is 5.91 Å². The SMILES string of the molecule is COCCCNC(=O)CN1C[C@@H]2CCCN[C@@H]2C1. The first-order valence-electron chi connectivity index (χ1n) is 7.01. The number of rotatable bonds is 6. The van der Waals surface area contributed by atoms with Gasteiger partial charge in [-0.25, -0.2) is 0 Å². The molecule has 2 aliphatic heterocycles. The molecule has 0 unspecified atom stereocenters. The van der Waals surface area contributed by atoms with Crippen LogP contribution in [0.3, 0.4) is 0 Å². The number of hydrogen-bond acceptors (Lipinski definition) is 4. The summed E-state index contributed by atoms with van der Waals surface area (Å²) in [5, 5.41) is 6.50. The van der Waals surface area contributed by atoms with Crippen LogP contribution in [0.5, 0.6) is 0 Å². The molecule has 2 saturated heterocycles. The molecule has 0 saturated carbocycles. The van der Waals surface area contributed by atoms with Gasteiger partial charge >= 0.3 is 0 Å². The minimum Gasteiger partial charge on any atom is -0.385 e. The van der Waals surface area contributed by atoms with Gasteiger partial charge in [-0.2, -0.15) is 0 Å². The minimum absolute atomic E-state index is 0.143. The number of carbonyl (C=O) groups is 1. The highest BCUT2D eigenvalue weighted by molar-refractivity contribution is 5.78. The molecule has 104 valence electrons. The van der Waals surface area contributed by atoms with Gasteiger partial charge in [0.1, 0.15) is 0 Å². The number of fused-ring (bicyclic) bond motifs is 1. The predicted molar refractivity (Wildman–Crippen MR) is 70.5 cm³/mol. The molecule has 2 heterocycles. The molecule has 2 N–H and O–H groups in total. The second kappa shape index (κ2) is 7.07. The van der Waals surface area contributed by atoms with Crippen LogP contribution in [0.4, 0.5) is 0 Å². The maximum Gasteiger partial charge on any atom is 0.234 e. The van der Waals surface area contributed by atoms with Gasteiger partial charge < -0.3 is 15.4 Å². The molecule has 0 aliphatic carbocycles. The molecule has 0 radical (unpaired) electrons. The molecule has 1 amide bonds. The van der Waals surface area contributed by atoms with Crippen LogP contribution in [0.1, 0.15) is 19.3 Å². The summed E-state index contributed by atoms with van der Waals surface area (Å²) in [4.78, 5) is 14.0. The number of ether oxygens (including phenoxy) is 1. The Hall–Kier alpha value is -0.650. The molecule has 2 atom stereocenters. The zero-order valence-electron chi connectivity index (χ0n) is 11.3. The summed E-state index contributed by atoms with van der Waals surface area (Å²) in [6, 6.07) is 0.611. The van der Waals surface area contributed by atoms with Gasteiger partial charge in [-0.15, -0.1) is 0 Å². The molecule has 0 aromatic carbocycles. The number of piperidine rings is 1. The van der Waals surface area contributed by atoms with Crippen molar-refractivity contribution in [2.45, 2.75) is 25.3 Å². The number of methoxy groups -OCH3 is 1. The summed E-state index contributed by atoms with van der Waals surface area (Å²) in [7, 11) is 1.68. The second-order valence-corrected chi connectivity index (χ2v) is 5.35. The van der Waals surface area contributed by atoms with Crippen molar-refractivity contribution in [2.75, 3.05) is 46.4 Å². The maximum absolute atomic E-state index is 11.8. The zero-order chi connectivity index (χ0) is 12.8. The van der Waals surface area contributed by atoms with Gasteiger partial charge in [-0.1, -0.05) is 0 Å². The van der Waals surface area contributed by atoms with E-state index in [2.05, 4.69) is 15.5 Å². The van der Waals surface area contributed by atoms with Crippen molar-refractivity contribution in [3.05, 3.63) is 0 Å². The van der Waals surface area contributed by atoms with E-state index < -0.39 is 0 Å². The van der Waals surface area contributed by atoms with Crippen LogP contribution in [0.25, 0.3) is 0 Å². The molecule has 2 fully saturated rings. The number of nitrogens with zero attached hydrogens (tertiary/aromatic N) is 1. The van der Waals surface area contributed by atoms with Crippen molar-refractivity contribution in [1.82, 2.24) is 15.5 Å². The van der Waals surface area contributed by atoms with Crippen molar-refractivity contribution in [3.8, 4) is 0 Å². The Balaban J connectivity index is 1.63. The third kappa shape index (κ3) is 3.93. The van der Waals surface area contributed by atoms with Gasteiger partial charge in [0.05, 0.1) is 6.54 Å². The Morgan fingerprint density at radius 3 is 3.17 bits per heavy atom. The largest absolute Gasteiger partial charge is 0.385 e. The van der Waals surface area contributed by atoms with E-state index in [1.807, 2.05) is 0 Å². The lowest BCUT2D eigenvalue weighted by Gasteiger charge is -2.24. The average Bonchev–Trinajstić information content (AvgIpc) is 2.76. The minimum atomic E-state index is 0.143. The molecular weight excluding hydrogens is 230 g/mol. The molecule has 0 aromatic heterocycles. The Morgan fingerprint density at radius 2 is 2.39 bits per heavy atom. The van der Waals surface area contributed by atoms with Crippen molar-refractivity contribution < 1.29 is 9.53 Å². The first kappa shape index (κ1) is 13.8. The smallest absolute Gasteiger partial charge is 0.234 e. The van der Waals surface area contributed by atoms with Crippen LogP contribution >= 0.6 is 0 Å². The van der Waals surface area contributed by atoms with Gasteiger partial charge in [0.2, 0.25) is 5.91 Å². The van der Waals surface area contributed by atoms with Crippen LogP contribution in [0.15, 0.2) is 0 Å². The van der Waals surface area contributed by atoms with E-state index in [1.165, 1.54) is 12.8 Å². The lowest BCUT2D eigenvalue weighted by molar-refractivity contribution is -0.122. The molecular formula is C13H25N3O2. The Morgan fingerprint density at radius 1 is 1.50 bits per heavy atom. The molecule has 5 nitrogen and oxygen atoms in total. The molecule has 0 spiro atoms. The quantitative estimate of drug-likeness (QED) is 0.647. The van der Waals surface area contributed by atoms with Crippen LogP contribution in [0.2, 0.25) is 0 Å². The average molecular weight is 255 g/mol. The predicted octanol–water partition coefficient (Wildman–Crippen LogP) is -0.177. The van der Waals surface area contributed by atoms with E-state index in [0.29, 0.717) is 25.7 Å². The Bertz CT molecular complexity index is 259. The Kier molecular flexibility index (Phi) is 5.41. The summed E-state index contributed by atoms with van der Waals surface area (Å²) in [5.74, 6) is 0.893. The van der Waals surface area contributed by atoms with Crippen LogP contribution < -0.4 is 10.6 Å². The number of amides is 1. The molecule has 5 heteroatoms. The lowest BCUT2D eigenvalue weighted by Crippen LogP contribution is -2.41. The highest BCUT2D eigenvalue weighted by Gasteiger charge is 2.34. The van der Waals surface area contributed by atoms with E-state index in [1.54, 1.807) is 7.11 Å². The van der Waals surface area contributed by atoms with Crippen molar-refractivity contribution in [2.24, 2.45) is 5.92 Å². The summed E-state index contributed by atoms with van der Waals surface area (Å²) < 4.78 is 4.95.